The molecular weight excluding hydrogens is 300 g/mol. The molecule has 2 rings (SSSR count). The van der Waals surface area contributed by atoms with Crippen LogP contribution < -0.4 is 5.73 Å². The quantitative estimate of drug-likeness (QED) is 0.866. The van der Waals surface area contributed by atoms with E-state index >= 15 is 0 Å². The Bertz CT molecular complexity index is 506. The van der Waals surface area contributed by atoms with Crippen molar-refractivity contribution in [2.45, 2.75) is 39.2 Å². The molecule has 0 radical (unpaired) electrons. The van der Waals surface area contributed by atoms with Gasteiger partial charge in [0.25, 0.3) is 0 Å². The summed E-state index contributed by atoms with van der Waals surface area (Å²) in [6.45, 7) is 5.17. The number of Topliss-reactive ketones (excluding diaryl/α,β-unsaturated/α-hetero) is 1. The Morgan fingerprint density at radius 1 is 1.23 bits per heavy atom. The molecule has 0 bridgehead atoms. The van der Waals surface area contributed by atoms with E-state index in [0.717, 1.165) is 24.0 Å². The number of piperidine rings is 1. The van der Waals surface area contributed by atoms with Gasteiger partial charge >= 0.3 is 0 Å². The lowest BCUT2D eigenvalue weighted by Gasteiger charge is -2.31. The van der Waals surface area contributed by atoms with Crippen LogP contribution in [0.5, 0.6) is 0 Å². The number of carbonyl (C=O) groups is 2. The maximum atomic E-state index is 12.4. The largest absolute Gasteiger partial charge is 0.343 e. The standard InChI is InChI=1S/C17H24N2O2.ClH/c1-12-3-5-14(6-4-12)17(21)15-7-9-19(10-8-15)16(20)11-13(2)18;/h3-6,13,15H,7-11,18H2,1-2H3;1H. The molecule has 1 aliphatic rings. The highest BCUT2D eigenvalue weighted by Gasteiger charge is 2.27. The van der Waals surface area contributed by atoms with Crippen molar-refractivity contribution in [3.05, 3.63) is 35.4 Å². The van der Waals surface area contributed by atoms with Gasteiger partial charge in [-0.15, -0.1) is 12.4 Å². The van der Waals surface area contributed by atoms with Gasteiger partial charge in [0, 0.05) is 37.0 Å². The van der Waals surface area contributed by atoms with E-state index in [4.69, 9.17) is 5.73 Å². The van der Waals surface area contributed by atoms with E-state index in [1.807, 2.05) is 43.0 Å². The molecule has 0 aliphatic carbocycles. The number of amides is 1. The number of benzene rings is 1. The molecule has 1 atom stereocenters. The zero-order valence-electron chi connectivity index (χ0n) is 13.2. The molecular formula is C17H25ClN2O2. The topological polar surface area (TPSA) is 63.4 Å². The molecule has 5 heteroatoms. The fraction of sp³-hybridized carbons (Fsp3) is 0.529. The van der Waals surface area contributed by atoms with E-state index in [-0.39, 0.29) is 36.1 Å². The minimum atomic E-state index is -0.107. The maximum Gasteiger partial charge on any atom is 0.224 e. The van der Waals surface area contributed by atoms with Crippen LogP contribution in [0.15, 0.2) is 24.3 Å². The molecule has 1 aromatic rings. The van der Waals surface area contributed by atoms with Gasteiger partial charge < -0.3 is 10.6 Å². The van der Waals surface area contributed by atoms with Gasteiger partial charge in [-0.25, -0.2) is 0 Å². The Labute approximate surface area is 138 Å². The van der Waals surface area contributed by atoms with Gasteiger partial charge in [0.1, 0.15) is 0 Å². The zero-order valence-corrected chi connectivity index (χ0v) is 14.1. The summed E-state index contributed by atoms with van der Waals surface area (Å²) in [5.41, 5.74) is 7.60. The molecule has 122 valence electrons. The number of hydrogen-bond donors (Lipinski definition) is 1. The lowest BCUT2D eigenvalue weighted by molar-refractivity contribution is -0.132. The lowest BCUT2D eigenvalue weighted by atomic mass is 9.88. The van der Waals surface area contributed by atoms with Crippen LogP contribution in [-0.4, -0.2) is 35.7 Å². The average Bonchev–Trinajstić information content (AvgIpc) is 2.47. The molecule has 0 spiro atoms. The second kappa shape index (κ2) is 8.30. The summed E-state index contributed by atoms with van der Waals surface area (Å²) in [4.78, 5) is 26.2. The highest BCUT2D eigenvalue weighted by Crippen LogP contribution is 2.22. The van der Waals surface area contributed by atoms with E-state index in [0.29, 0.717) is 19.5 Å². The summed E-state index contributed by atoms with van der Waals surface area (Å²) in [5, 5.41) is 0. The summed E-state index contributed by atoms with van der Waals surface area (Å²) < 4.78 is 0. The molecule has 1 aliphatic heterocycles. The Morgan fingerprint density at radius 3 is 2.27 bits per heavy atom. The number of carbonyl (C=O) groups excluding carboxylic acids is 2. The third-order valence-corrected chi connectivity index (χ3v) is 4.05. The number of halogens is 1. The highest BCUT2D eigenvalue weighted by molar-refractivity contribution is 5.98. The highest BCUT2D eigenvalue weighted by atomic mass is 35.5. The van der Waals surface area contributed by atoms with Gasteiger partial charge in [0.05, 0.1) is 0 Å². The minimum absolute atomic E-state index is 0. The first-order valence-electron chi connectivity index (χ1n) is 7.61. The van der Waals surface area contributed by atoms with Gasteiger partial charge in [0.2, 0.25) is 5.91 Å². The van der Waals surface area contributed by atoms with Crippen molar-refractivity contribution in [2.24, 2.45) is 11.7 Å². The molecule has 1 fully saturated rings. The van der Waals surface area contributed by atoms with Crippen molar-refractivity contribution in [1.29, 1.82) is 0 Å². The monoisotopic (exact) mass is 324 g/mol. The van der Waals surface area contributed by atoms with Crippen molar-refractivity contribution in [3.8, 4) is 0 Å². The van der Waals surface area contributed by atoms with Crippen molar-refractivity contribution in [1.82, 2.24) is 4.90 Å². The molecule has 2 N–H and O–H groups in total. The Hall–Kier alpha value is -1.39. The number of hydrogen-bond acceptors (Lipinski definition) is 3. The second-order valence-corrected chi connectivity index (χ2v) is 6.07. The van der Waals surface area contributed by atoms with E-state index < -0.39 is 0 Å². The Balaban J connectivity index is 0.00000242. The van der Waals surface area contributed by atoms with Crippen LogP contribution in [0.25, 0.3) is 0 Å². The summed E-state index contributed by atoms with van der Waals surface area (Å²) in [5.74, 6) is 0.340. The maximum absolute atomic E-state index is 12.4. The molecule has 1 aromatic carbocycles. The van der Waals surface area contributed by atoms with Gasteiger partial charge in [-0.1, -0.05) is 29.8 Å². The Kier molecular flexibility index (Phi) is 7.04. The summed E-state index contributed by atoms with van der Waals surface area (Å²) in [7, 11) is 0. The molecule has 1 saturated heterocycles. The normalized spacial score (nSPS) is 16.8. The molecule has 1 unspecified atom stereocenters. The predicted octanol–water partition coefficient (Wildman–Crippen LogP) is 2.58. The smallest absolute Gasteiger partial charge is 0.224 e. The number of nitrogens with two attached hydrogens (primary N) is 1. The lowest BCUT2D eigenvalue weighted by Crippen LogP contribution is -2.42. The van der Waals surface area contributed by atoms with Crippen molar-refractivity contribution in [3.63, 3.8) is 0 Å². The van der Waals surface area contributed by atoms with E-state index in [1.54, 1.807) is 0 Å². The van der Waals surface area contributed by atoms with Gasteiger partial charge in [-0.3, -0.25) is 9.59 Å². The van der Waals surface area contributed by atoms with E-state index in [2.05, 4.69) is 0 Å². The first-order chi connectivity index (χ1) is 9.97. The number of nitrogens with zero attached hydrogens (tertiary/aromatic N) is 1. The van der Waals surface area contributed by atoms with Crippen LogP contribution >= 0.6 is 12.4 Å². The first-order valence-corrected chi connectivity index (χ1v) is 7.61. The van der Waals surface area contributed by atoms with Crippen molar-refractivity contribution < 1.29 is 9.59 Å². The van der Waals surface area contributed by atoms with Crippen LogP contribution in [0.3, 0.4) is 0 Å². The summed E-state index contributed by atoms with van der Waals surface area (Å²) >= 11 is 0. The number of aryl methyl sites for hydroxylation is 1. The third-order valence-electron chi connectivity index (χ3n) is 4.05. The van der Waals surface area contributed by atoms with Gasteiger partial charge in [-0.05, 0) is 26.7 Å². The average molecular weight is 325 g/mol. The van der Waals surface area contributed by atoms with Crippen LogP contribution in [0.1, 0.15) is 42.1 Å². The summed E-state index contributed by atoms with van der Waals surface area (Å²) in [6, 6.07) is 7.61. The van der Waals surface area contributed by atoms with E-state index in [1.165, 1.54) is 0 Å². The first kappa shape index (κ1) is 18.7. The van der Waals surface area contributed by atoms with Crippen LogP contribution in [-0.2, 0) is 4.79 Å². The SMILES string of the molecule is Cc1ccc(C(=O)C2CCN(C(=O)CC(C)N)CC2)cc1.Cl. The van der Waals surface area contributed by atoms with E-state index in [9.17, 15) is 9.59 Å². The van der Waals surface area contributed by atoms with Gasteiger partial charge in [0.15, 0.2) is 5.78 Å². The van der Waals surface area contributed by atoms with Crippen molar-refractivity contribution >= 4 is 24.1 Å². The fourth-order valence-electron chi connectivity index (χ4n) is 2.75. The molecule has 0 aromatic heterocycles. The zero-order chi connectivity index (χ0) is 15.4. The Morgan fingerprint density at radius 2 is 1.77 bits per heavy atom. The fourth-order valence-corrected chi connectivity index (χ4v) is 2.75. The minimum Gasteiger partial charge on any atom is -0.343 e. The third kappa shape index (κ3) is 4.82. The molecule has 0 saturated carbocycles. The number of ketones is 1. The molecule has 1 amide bonds. The summed E-state index contributed by atoms with van der Waals surface area (Å²) in [6.07, 6.45) is 1.88. The van der Waals surface area contributed by atoms with Crippen LogP contribution in [0.2, 0.25) is 0 Å². The van der Waals surface area contributed by atoms with Crippen LogP contribution in [0.4, 0.5) is 0 Å². The second-order valence-electron chi connectivity index (χ2n) is 6.07. The predicted molar refractivity (Wildman–Crippen MR) is 90.3 cm³/mol. The number of likely N-dealkylation sites (tertiary alicyclic amines) is 1. The molecule has 4 nitrogen and oxygen atoms in total. The van der Waals surface area contributed by atoms with Crippen LogP contribution in [0, 0.1) is 12.8 Å². The van der Waals surface area contributed by atoms with Crippen molar-refractivity contribution in [2.75, 3.05) is 13.1 Å². The van der Waals surface area contributed by atoms with Gasteiger partial charge in [-0.2, -0.15) is 0 Å². The molecule has 22 heavy (non-hydrogen) atoms. The molecule has 1 heterocycles. The number of rotatable bonds is 4.